The van der Waals surface area contributed by atoms with Crippen LogP contribution in [0.1, 0.15) is 11.1 Å². The third-order valence-corrected chi connectivity index (χ3v) is 6.52. The van der Waals surface area contributed by atoms with Crippen molar-refractivity contribution in [1.82, 2.24) is 10.2 Å². The fraction of sp³-hybridized carbons (Fsp3) is 0.0625. The van der Waals surface area contributed by atoms with Gasteiger partial charge in [0, 0.05) is 9.26 Å². The Morgan fingerprint density at radius 2 is 2.07 bits per heavy atom. The first-order valence-corrected chi connectivity index (χ1v) is 11.1. The molecular formula is C16H11IN4O4S2. The summed E-state index contributed by atoms with van der Waals surface area (Å²) in [6.07, 6.45) is 0. The third kappa shape index (κ3) is 3.49. The molecule has 1 aliphatic heterocycles. The molecular weight excluding hydrogens is 503 g/mol. The molecule has 0 fully saturated rings. The van der Waals surface area contributed by atoms with E-state index in [2.05, 4.69) is 42.5 Å². The number of aromatic amines is 1. The zero-order valence-electron chi connectivity index (χ0n) is 13.4. The molecule has 0 saturated carbocycles. The maximum atomic E-state index is 12.4. The van der Waals surface area contributed by atoms with Crippen LogP contribution in [0.25, 0.3) is 10.6 Å². The van der Waals surface area contributed by atoms with Crippen LogP contribution in [0.4, 0.5) is 5.69 Å². The number of benzene rings is 1. The Hall–Kier alpha value is -2.25. The van der Waals surface area contributed by atoms with Crippen LogP contribution in [0.3, 0.4) is 0 Å². The fourth-order valence-electron chi connectivity index (χ4n) is 2.68. The highest BCUT2D eigenvalue weighted by atomic mass is 127. The second-order valence-corrected chi connectivity index (χ2v) is 9.52. The van der Waals surface area contributed by atoms with Gasteiger partial charge in [-0.2, -0.15) is 5.10 Å². The van der Waals surface area contributed by atoms with Gasteiger partial charge in [-0.25, -0.2) is 13.5 Å². The topological polar surface area (TPSA) is 125 Å². The van der Waals surface area contributed by atoms with Gasteiger partial charge in [0.05, 0.1) is 10.6 Å². The minimum Gasteiger partial charge on any atom is -0.505 e. The summed E-state index contributed by atoms with van der Waals surface area (Å²) >= 11 is 3.41. The predicted molar refractivity (Wildman–Crippen MR) is 112 cm³/mol. The summed E-state index contributed by atoms with van der Waals surface area (Å²) in [7, 11) is -3.91. The summed E-state index contributed by atoms with van der Waals surface area (Å²) in [5, 5.41) is 21.5. The van der Waals surface area contributed by atoms with Crippen molar-refractivity contribution in [3.63, 3.8) is 0 Å². The summed E-state index contributed by atoms with van der Waals surface area (Å²) in [5.74, 6) is -0.984. The summed E-state index contributed by atoms with van der Waals surface area (Å²) in [6, 6.07) is 8.74. The Labute approximate surface area is 171 Å². The second-order valence-electron chi connectivity index (χ2n) is 5.69. The molecule has 27 heavy (non-hydrogen) atoms. The van der Waals surface area contributed by atoms with Crippen molar-refractivity contribution in [2.45, 2.75) is 5.75 Å². The van der Waals surface area contributed by atoms with Crippen LogP contribution < -0.4 is 10.9 Å². The van der Waals surface area contributed by atoms with Crippen molar-refractivity contribution in [3.8, 4) is 16.3 Å². The molecule has 0 radical (unpaired) electrons. The SMILES string of the molecule is O=c1[nH]nc(-c2cccs2)c(O)c1C1=NS(=O)(=O)Cc2cc(I)ccc2N1. The van der Waals surface area contributed by atoms with Crippen LogP contribution in [0.5, 0.6) is 5.75 Å². The highest BCUT2D eigenvalue weighted by Crippen LogP contribution is 2.33. The van der Waals surface area contributed by atoms with Gasteiger partial charge in [0.15, 0.2) is 11.6 Å². The highest BCUT2D eigenvalue weighted by molar-refractivity contribution is 14.1. The lowest BCUT2D eigenvalue weighted by Crippen LogP contribution is -2.25. The molecule has 0 saturated heterocycles. The molecule has 2 aromatic heterocycles. The molecule has 3 aromatic rings. The van der Waals surface area contributed by atoms with Gasteiger partial charge >= 0.3 is 0 Å². The number of fused-ring (bicyclic) bond motifs is 1. The Balaban J connectivity index is 1.93. The molecule has 138 valence electrons. The van der Waals surface area contributed by atoms with E-state index in [0.29, 0.717) is 16.1 Å². The van der Waals surface area contributed by atoms with E-state index in [1.54, 1.807) is 35.7 Å². The zero-order chi connectivity index (χ0) is 19.2. The summed E-state index contributed by atoms with van der Waals surface area (Å²) in [5.41, 5.74) is 0.160. The Bertz CT molecular complexity index is 1230. The molecule has 11 heteroatoms. The number of thiophene rings is 1. The van der Waals surface area contributed by atoms with Crippen molar-refractivity contribution < 1.29 is 13.5 Å². The van der Waals surface area contributed by atoms with Gasteiger partial charge in [0.25, 0.3) is 15.6 Å². The van der Waals surface area contributed by atoms with E-state index in [9.17, 15) is 18.3 Å². The molecule has 3 heterocycles. The first-order chi connectivity index (χ1) is 12.8. The number of amidine groups is 1. The number of aromatic hydroxyl groups is 1. The number of hydrogen-bond donors (Lipinski definition) is 3. The predicted octanol–water partition coefficient (Wildman–Crippen LogP) is 2.51. The van der Waals surface area contributed by atoms with Crippen molar-refractivity contribution in [2.75, 3.05) is 5.32 Å². The van der Waals surface area contributed by atoms with Gasteiger partial charge in [-0.3, -0.25) is 4.79 Å². The van der Waals surface area contributed by atoms with Crippen LogP contribution in [0.2, 0.25) is 0 Å². The average Bonchev–Trinajstić information content (AvgIpc) is 3.06. The lowest BCUT2D eigenvalue weighted by atomic mass is 10.1. The fourth-order valence-corrected chi connectivity index (χ4v) is 5.06. The number of nitrogens with one attached hydrogen (secondary N) is 2. The van der Waals surface area contributed by atoms with Crippen LogP contribution in [-0.2, 0) is 15.8 Å². The molecule has 0 atom stereocenters. The van der Waals surface area contributed by atoms with Gasteiger partial charge < -0.3 is 10.4 Å². The highest BCUT2D eigenvalue weighted by Gasteiger charge is 2.26. The lowest BCUT2D eigenvalue weighted by molar-refractivity contribution is 0.471. The molecule has 3 N–H and O–H groups in total. The van der Waals surface area contributed by atoms with Crippen LogP contribution in [0, 0.1) is 3.57 Å². The van der Waals surface area contributed by atoms with E-state index in [4.69, 9.17) is 0 Å². The Morgan fingerprint density at radius 1 is 1.26 bits per heavy atom. The molecule has 0 spiro atoms. The van der Waals surface area contributed by atoms with Crippen LogP contribution in [0.15, 0.2) is 44.9 Å². The van der Waals surface area contributed by atoms with Gasteiger partial charge in [-0.05, 0) is 57.8 Å². The molecule has 8 nitrogen and oxygen atoms in total. The summed E-state index contributed by atoms with van der Waals surface area (Å²) in [6.45, 7) is 0. The smallest absolute Gasteiger partial charge is 0.279 e. The molecule has 0 amide bonds. The molecule has 0 unspecified atom stereocenters. The molecule has 0 aliphatic carbocycles. The zero-order valence-corrected chi connectivity index (χ0v) is 17.2. The Kier molecular flexibility index (Phi) is 4.52. The molecule has 1 aliphatic rings. The number of H-pyrrole nitrogens is 1. The third-order valence-electron chi connectivity index (χ3n) is 3.84. The van der Waals surface area contributed by atoms with Crippen molar-refractivity contribution in [2.24, 2.45) is 4.40 Å². The lowest BCUT2D eigenvalue weighted by Gasteiger charge is -2.11. The monoisotopic (exact) mass is 514 g/mol. The number of halogens is 1. The number of sulfonamides is 1. The number of aromatic nitrogens is 2. The second kappa shape index (κ2) is 6.73. The minimum absolute atomic E-state index is 0.147. The van der Waals surface area contributed by atoms with E-state index in [1.165, 1.54) is 11.3 Å². The normalized spacial score (nSPS) is 15.4. The number of nitrogens with zero attached hydrogens (tertiary/aromatic N) is 2. The minimum atomic E-state index is -3.91. The van der Waals surface area contributed by atoms with Crippen LogP contribution in [-0.4, -0.2) is 29.6 Å². The van der Waals surface area contributed by atoms with Crippen molar-refractivity contribution in [1.29, 1.82) is 0 Å². The van der Waals surface area contributed by atoms with E-state index < -0.39 is 21.3 Å². The average molecular weight is 514 g/mol. The van der Waals surface area contributed by atoms with E-state index in [1.807, 2.05) is 0 Å². The van der Waals surface area contributed by atoms with Crippen molar-refractivity contribution in [3.05, 3.63) is 60.8 Å². The standard InChI is InChI=1S/C16H11IN4O4S2/c17-9-3-4-10-8(6-9)7-27(24,25)21-15(18-10)12-14(22)13(19-20-16(12)23)11-2-1-5-26-11/h1-6H,7H2,(H,18,21)(H2,20,22,23). The molecule has 0 bridgehead atoms. The first kappa shape index (κ1) is 18.1. The number of rotatable bonds is 2. The van der Waals surface area contributed by atoms with E-state index in [0.717, 1.165) is 3.57 Å². The maximum Gasteiger partial charge on any atom is 0.279 e. The maximum absolute atomic E-state index is 12.4. The van der Waals surface area contributed by atoms with Gasteiger partial charge in [0.1, 0.15) is 11.3 Å². The van der Waals surface area contributed by atoms with Gasteiger partial charge in [-0.1, -0.05) is 6.07 Å². The van der Waals surface area contributed by atoms with Crippen LogP contribution >= 0.6 is 33.9 Å². The quantitative estimate of drug-likeness (QED) is 0.452. The molecule has 1 aromatic carbocycles. The van der Waals surface area contributed by atoms with Gasteiger partial charge in [0.2, 0.25) is 0 Å². The first-order valence-electron chi connectivity index (χ1n) is 7.58. The summed E-state index contributed by atoms with van der Waals surface area (Å²) in [4.78, 5) is 13.0. The van der Waals surface area contributed by atoms with E-state index >= 15 is 0 Å². The number of anilines is 1. The summed E-state index contributed by atoms with van der Waals surface area (Å²) < 4.78 is 29.5. The number of hydrogen-bond acceptors (Lipinski definition) is 7. The largest absolute Gasteiger partial charge is 0.505 e. The Morgan fingerprint density at radius 3 is 2.81 bits per heavy atom. The van der Waals surface area contributed by atoms with Crippen molar-refractivity contribution >= 4 is 55.5 Å². The van der Waals surface area contributed by atoms with E-state index in [-0.39, 0.29) is 22.8 Å². The van der Waals surface area contributed by atoms with Gasteiger partial charge in [-0.15, -0.1) is 15.7 Å². The molecule has 4 rings (SSSR count).